The minimum atomic E-state index is 1.37. The monoisotopic (exact) mass is 240 g/mol. The summed E-state index contributed by atoms with van der Waals surface area (Å²) in [6.45, 7) is 10.4. The third kappa shape index (κ3) is 5.90. The van der Waals surface area contributed by atoms with Crippen molar-refractivity contribution in [3.05, 3.63) is 0 Å². The molecule has 1 heteroatoms. The highest BCUT2D eigenvalue weighted by Crippen LogP contribution is 2.20. The van der Waals surface area contributed by atoms with Gasteiger partial charge in [-0.2, -0.15) is 0 Å². The predicted octanol–water partition coefficient (Wildman–Crippen LogP) is 4.76. The highest BCUT2D eigenvalue weighted by molar-refractivity contribution is 4.55. The highest BCUT2D eigenvalue weighted by Gasteiger charge is 2.28. The second kappa shape index (κ2) is 8.97. The Morgan fingerprint density at radius 2 is 1.24 bits per heavy atom. The Hall–Kier alpha value is -0.0400. The fourth-order valence-corrected chi connectivity index (χ4v) is 3.29. The summed E-state index contributed by atoms with van der Waals surface area (Å²) in [5, 5.41) is 0. The van der Waals surface area contributed by atoms with Gasteiger partial charge < -0.3 is 4.48 Å². The van der Waals surface area contributed by atoms with E-state index in [0.29, 0.717) is 0 Å². The molecule has 1 rings (SSSR count). The van der Waals surface area contributed by atoms with E-state index >= 15 is 0 Å². The van der Waals surface area contributed by atoms with Gasteiger partial charge in [0.15, 0.2) is 0 Å². The molecule has 0 bridgehead atoms. The van der Waals surface area contributed by atoms with Crippen LogP contribution in [0.2, 0.25) is 0 Å². The van der Waals surface area contributed by atoms with Crippen LogP contribution in [-0.2, 0) is 0 Å². The number of unbranched alkanes of at least 4 members (excludes halogenated alkanes) is 7. The highest BCUT2D eigenvalue weighted by atomic mass is 15.4. The maximum absolute atomic E-state index is 2.38. The van der Waals surface area contributed by atoms with Crippen LogP contribution in [0.1, 0.15) is 78.1 Å². The summed E-state index contributed by atoms with van der Waals surface area (Å²) in [5.74, 6) is 0. The quantitative estimate of drug-likeness (QED) is 0.381. The number of nitrogens with zero attached hydrogens (tertiary/aromatic N) is 1. The van der Waals surface area contributed by atoms with Gasteiger partial charge in [0, 0.05) is 12.8 Å². The molecule has 0 aliphatic carbocycles. The van der Waals surface area contributed by atoms with Gasteiger partial charge >= 0.3 is 0 Å². The Balaban J connectivity index is 1.92. The van der Waals surface area contributed by atoms with Crippen molar-refractivity contribution in [1.29, 1.82) is 0 Å². The van der Waals surface area contributed by atoms with Crippen molar-refractivity contribution in [2.24, 2.45) is 0 Å². The summed E-state index contributed by atoms with van der Waals surface area (Å²) in [4.78, 5) is 0. The largest absolute Gasteiger partial charge is 0.324 e. The molecule has 0 unspecified atom stereocenters. The molecule has 1 saturated heterocycles. The molecule has 0 amide bonds. The molecule has 0 saturated carbocycles. The Labute approximate surface area is 109 Å². The van der Waals surface area contributed by atoms with Crippen LogP contribution in [-0.4, -0.2) is 30.7 Å². The van der Waals surface area contributed by atoms with Crippen LogP contribution in [0.5, 0.6) is 0 Å². The number of rotatable bonds is 10. The van der Waals surface area contributed by atoms with E-state index in [0.717, 1.165) is 0 Å². The topological polar surface area (TPSA) is 0 Å². The van der Waals surface area contributed by atoms with E-state index < -0.39 is 0 Å². The van der Waals surface area contributed by atoms with Crippen molar-refractivity contribution in [3.63, 3.8) is 0 Å². The summed E-state index contributed by atoms with van der Waals surface area (Å²) in [6.07, 6.45) is 14.6. The molecular weight excluding hydrogens is 206 g/mol. The lowest BCUT2D eigenvalue weighted by Gasteiger charge is -2.33. The van der Waals surface area contributed by atoms with Crippen LogP contribution in [0.3, 0.4) is 0 Å². The van der Waals surface area contributed by atoms with Gasteiger partial charge in [-0.25, -0.2) is 0 Å². The zero-order valence-corrected chi connectivity index (χ0v) is 12.3. The van der Waals surface area contributed by atoms with Crippen LogP contribution >= 0.6 is 0 Å². The molecule has 17 heavy (non-hydrogen) atoms. The predicted molar refractivity (Wildman–Crippen MR) is 77.2 cm³/mol. The number of hydrogen-bond acceptors (Lipinski definition) is 0. The molecule has 0 radical (unpaired) electrons. The Morgan fingerprint density at radius 1 is 0.706 bits per heavy atom. The summed E-state index contributed by atoms with van der Waals surface area (Å²) in [7, 11) is 0. The van der Waals surface area contributed by atoms with Gasteiger partial charge in [-0.1, -0.05) is 45.4 Å². The summed E-state index contributed by atoms with van der Waals surface area (Å²) in [5.41, 5.74) is 0. The first-order chi connectivity index (χ1) is 8.33. The molecule has 0 aromatic heterocycles. The van der Waals surface area contributed by atoms with Crippen molar-refractivity contribution in [3.8, 4) is 0 Å². The Kier molecular flexibility index (Phi) is 7.92. The second-order valence-electron chi connectivity index (χ2n) is 6.01. The second-order valence-corrected chi connectivity index (χ2v) is 6.01. The molecule has 0 aromatic rings. The van der Waals surface area contributed by atoms with Crippen LogP contribution in [0.15, 0.2) is 0 Å². The van der Waals surface area contributed by atoms with Crippen LogP contribution in [0.4, 0.5) is 0 Å². The maximum atomic E-state index is 2.38. The molecular formula is C16H34N+. The molecule has 1 aliphatic rings. The first kappa shape index (κ1) is 15.0. The molecule has 0 N–H and O–H groups in total. The average molecular weight is 240 g/mol. The third-order valence-electron chi connectivity index (χ3n) is 4.67. The van der Waals surface area contributed by atoms with E-state index in [1.807, 2.05) is 0 Å². The third-order valence-corrected chi connectivity index (χ3v) is 4.67. The molecule has 1 fully saturated rings. The van der Waals surface area contributed by atoms with E-state index in [-0.39, 0.29) is 0 Å². The minimum Gasteiger partial charge on any atom is -0.324 e. The van der Waals surface area contributed by atoms with E-state index in [4.69, 9.17) is 0 Å². The lowest BCUT2D eigenvalue weighted by molar-refractivity contribution is -0.915. The van der Waals surface area contributed by atoms with Gasteiger partial charge in [0.05, 0.1) is 26.2 Å². The fraction of sp³-hybridized carbons (Fsp3) is 1.00. The van der Waals surface area contributed by atoms with Gasteiger partial charge in [0.2, 0.25) is 0 Å². The average Bonchev–Trinajstić information content (AvgIpc) is 2.82. The lowest BCUT2D eigenvalue weighted by Crippen LogP contribution is -2.45. The normalized spacial score (nSPS) is 18.7. The van der Waals surface area contributed by atoms with E-state index in [2.05, 4.69) is 13.8 Å². The Morgan fingerprint density at radius 3 is 1.76 bits per heavy atom. The molecule has 0 aromatic carbocycles. The first-order valence-corrected chi connectivity index (χ1v) is 8.18. The number of likely N-dealkylation sites (tertiary alicyclic amines) is 1. The first-order valence-electron chi connectivity index (χ1n) is 8.18. The van der Waals surface area contributed by atoms with Crippen LogP contribution in [0, 0.1) is 0 Å². The van der Waals surface area contributed by atoms with Crippen LogP contribution in [0.25, 0.3) is 0 Å². The van der Waals surface area contributed by atoms with Gasteiger partial charge in [-0.3, -0.25) is 0 Å². The van der Waals surface area contributed by atoms with Gasteiger partial charge in [-0.05, 0) is 19.8 Å². The standard InChI is InChI=1S/C16H34N/c1-3-5-6-7-8-9-10-11-14-17(4-2)15-12-13-16-17/h3-16H2,1-2H3/q+1. The molecule has 1 aliphatic heterocycles. The molecule has 1 nitrogen and oxygen atoms in total. The minimum absolute atomic E-state index is 1.37. The Bertz CT molecular complexity index is 170. The van der Waals surface area contributed by atoms with Gasteiger partial charge in [0.25, 0.3) is 0 Å². The van der Waals surface area contributed by atoms with Gasteiger partial charge in [0.1, 0.15) is 0 Å². The smallest absolute Gasteiger partial charge is 0.0788 e. The van der Waals surface area contributed by atoms with Crippen molar-refractivity contribution in [2.75, 3.05) is 26.2 Å². The molecule has 1 heterocycles. The zero-order chi connectivity index (χ0) is 12.4. The summed E-state index contributed by atoms with van der Waals surface area (Å²) >= 11 is 0. The summed E-state index contributed by atoms with van der Waals surface area (Å²) in [6, 6.07) is 0. The van der Waals surface area contributed by atoms with E-state index in [9.17, 15) is 0 Å². The van der Waals surface area contributed by atoms with Crippen molar-refractivity contribution >= 4 is 0 Å². The van der Waals surface area contributed by atoms with Crippen molar-refractivity contribution in [2.45, 2.75) is 78.1 Å². The van der Waals surface area contributed by atoms with Crippen molar-refractivity contribution < 1.29 is 4.48 Å². The number of quaternary nitrogens is 1. The lowest BCUT2D eigenvalue weighted by atomic mass is 10.1. The molecule has 0 spiro atoms. The SMILES string of the molecule is CCCCCCCCCC[N+]1(CC)CCCC1. The van der Waals surface area contributed by atoms with Crippen molar-refractivity contribution in [1.82, 2.24) is 0 Å². The number of hydrogen-bond donors (Lipinski definition) is 0. The van der Waals surface area contributed by atoms with Gasteiger partial charge in [-0.15, -0.1) is 0 Å². The van der Waals surface area contributed by atoms with E-state index in [1.54, 1.807) is 0 Å². The van der Waals surface area contributed by atoms with E-state index in [1.165, 1.54) is 94.9 Å². The summed E-state index contributed by atoms with van der Waals surface area (Å²) < 4.78 is 1.44. The maximum Gasteiger partial charge on any atom is 0.0788 e. The molecule has 0 atom stereocenters. The van der Waals surface area contributed by atoms with Crippen LogP contribution < -0.4 is 0 Å². The fourth-order valence-electron chi connectivity index (χ4n) is 3.29. The zero-order valence-electron chi connectivity index (χ0n) is 12.3. The molecule has 102 valence electrons.